The number of phosphoric acid groups is 2. The van der Waals surface area contributed by atoms with Crippen LogP contribution in [0.4, 0.5) is 0 Å². The van der Waals surface area contributed by atoms with E-state index >= 15 is 0 Å². The first-order chi connectivity index (χ1) is 16.4. The summed E-state index contributed by atoms with van der Waals surface area (Å²) in [4.78, 5) is 27.9. The monoisotopic (exact) mass is 541 g/mol. The van der Waals surface area contributed by atoms with Gasteiger partial charge in [-0.3, -0.25) is 23.6 Å². The van der Waals surface area contributed by atoms with Crippen molar-refractivity contribution in [2.24, 2.45) is 0 Å². The van der Waals surface area contributed by atoms with Gasteiger partial charge >= 0.3 is 15.6 Å². The molecule has 4 aliphatic heterocycles. The van der Waals surface area contributed by atoms with Crippen LogP contribution in [0.25, 0.3) is 11.2 Å². The quantitative estimate of drug-likeness (QED) is 0.166. The molecule has 2 aromatic heterocycles. The largest absolute Gasteiger partial charge is 0.481 e. The minimum Gasteiger partial charge on any atom is -0.387 e. The predicted molar refractivity (Wildman–Crippen MR) is 106 cm³/mol. The number of hydrogen-bond donors (Lipinski definition) is 7. The molecule has 194 valence electrons. The van der Waals surface area contributed by atoms with Crippen LogP contribution in [0, 0.1) is 5.41 Å². The van der Waals surface area contributed by atoms with Crippen molar-refractivity contribution in [1.29, 1.82) is 5.41 Å². The Morgan fingerprint density at radius 1 is 0.829 bits per heavy atom. The molecule has 0 aliphatic carbocycles. The molecule has 2 fully saturated rings. The number of aromatic nitrogens is 4. The van der Waals surface area contributed by atoms with Crippen molar-refractivity contribution in [2.75, 3.05) is 13.2 Å². The van der Waals surface area contributed by atoms with Crippen molar-refractivity contribution in [3.05, 3.63) is 18.1 Å². The van der Waals surface area contributed by atoms with Crippen molar-refractivity contribution in [3.8, 4) is 0 Å². The van der Waals surface area contributed by atoms with Crippen LogP contribution in [0.5, 0.6) is 0 Å². The van der Waals surface area contributed by atoms with E-state index in [4.69, 9.17) is 14.9 Å². The van der Waals surface area contributed by atoms with Gasteiger partial charge in [0.2, 0.25) is 0 Å². The lowest BCUT2D eigenvalue weighted by atomic mass is 10.1. The van der Waals surface area contributed by atoms with E-state index in [2.05, 4.69) is 23.3 Å². The number of fused-ring (bicyclic) bond motifs is 7. The highest BCUT2D eigenvalue weighted by Crippen LogP contribution is 2.60. The van der Waals surface area contributed by atoms with Gasteiger partial charge in [0.15, 0.2) is 29.1 Å². The molecule has 2 saturated heterocycles. The van der Waals surface area contributed by atoms with Crippen molar-refractivity contribution < 1.29 is 62.2 Å². The number of nitrogens with one attached hydrogen (secondary N) is 1. The van der Waals surface area contributed by atoms with E-state index in [9.17, 15) is 39.3 Å². The topological polar surface area (TPSA) is 261 Å². The molecule has 18 nitrogen and oxygen atoms in total. The first-order valence-corrected chi connectivity index (χ1v) is 13.0. The summed E-state index contributed by atoms with van der Waals surface area (Å²) in [5.74, 6) is 0. The van der Waals surface area contributed by atoms with Crippen molar-refractivity contribution >= 4 is 26.8 Å². The molecule has 7 N–H and O–H groups in total. The van der Waals surface area contributed by atoms with Crippen molar-refractivity contribution in [1.82, 2.24) is 19.1 Å². The molecule has 0 saturated carbocycles. The van der Waals surface area contributed by atoms with E-state index in [1.807, 2.05) is 0 Å². The van der Waals surface area contributed by atoms with Crippen LogP contribution in [0.1, 0.15) is 12.5 Å². The minimum absolute atomic E-state index is 0.0169. The van der Waals surface area contributed by atoms with E-state index < -0.39 is 77.9 Å². The molecule has 20 heteroatoms. The molecule has 6 rings (SSSR count). The highest BCUT2D eigenvalue weighted by atomic mass is 31.3. The summed E-state index contributed by atoms with van der Waals surface area (Å²) in [5.41, 5.74) is -0.273. The number of rotatable bonds is 0. The number of hydrogen-bond acceptors (Lipinski definition) is 14. The lowest BCUT2D eigenvalue weighted by Crippen LogP contribution is -2.36. The molecule has 8 bridgehead atoms. The summed E-state index contributed by atoms with van der Waals surface area (Å²) in [6.45, 7) is -1.70. The Morgan fingerprint density at radius 3 is 1.86 bits per heavy atom. The van der Waals surface area contributed by atoms with E-state index in [-0.39, 0.29) is 16.7 Å². The molecule has 0 amide bonds. The molecule has 3 unspecified atom stereocenters. The Hall–Kier alpha value is -1.63. The summed E-state index contributed by atoms with van der Waals surface area (Å²) >= 11 is 0. The Bertz CT molecular complexity index is 1290. The fourth-order valence-electron chi connectivity index (χ4n) is 4.03. The summed E-state index contributed by atoms with van der Waals surface area (Å²) in [5, 5.41) is 50.0. The van der Waals surface area contributed by atoms with Gasteiger partial charge in [0.05, 0.1) is 19.5 Å². The molecule has 0 spiro atoms. The molecular weight excluding hydrogens is 520 g/mol. The van der Waals surface area contributed by atoms with Gasteiger partial charge in [0, 0.05) is 0 Å². The number of aliphatic hydroxyl groups is 4. The highest BCUT2D eigenvalue weighted by Gasteiger charge is 2.48. The summed E-state index contributed by atoms with van der Waals surface area (Å²) in [6, 6.07) is 0. The zero-order chi connectivity index (χ0) is 25.3. The third kappa shape index (κ3) is 4.40. The highest BCUT2D eigenvalue weighted by molar-refractivity contribution is 7.61. The van der Waals surface area contributed by atoms with Gasteiger partial charge < -0.3 is 39.7 Å². The fraction of sp³-hybridized carbons (Fsp3) is 0.667. The minimum atomic E-state index is -5.26. The Balaban J connectivity index is 1.58. The summed E-state index contributed by atoms with van der Waals surface area (Å²) in [7, 11) is -10.5. The molecule has 6 heterocycles. The van der Waals surface area contributed by atoms with Gasteiger partial charge in [0.25, 0.3) is 0 Å². The maximum absolute atomic E-state index is 12.2. The second kappa shape index (κ2) is 8.74. The molecule has 4 aliphatic rings. The van der Waals surface area contributed by atoms with Gasteiger partial charge in [0.1, 0.15) is 43.0 Å². The molecule has 0 aromatic carbocycles. The second-order valence-corrected chi connectivity index (χ2v) is 11.1. The Kier molecular flexibility index (Phi) is 6.25. The van der Waals surface area contributed by atoms with Crippen LogP contribution in [0.3, 0.4) is 0 Å². The number of ether oxygens (including phenoxy) is 2. The van der Waals surface area contributed by atoms with Crippen LogP contribution in [0.2, 0.25) is 0 Å². The molecule has 10 atom stereocenters. The number of imidazole rings is 1. The van der Waals surface area contributed by atoms with Crippen LogP contribution in [-0.4, -0.2) is 99.2 Å². The van der Waals surface area contributed by atoms with Crippen LogP contribution in [0.15, 0.2) is 12.7 Å². The zero-order valence-electron chi connectivity index (χ0n) is 17.4. The summed E-state index contributed by atoms with van der Waals surface area (Å²) < 4.78 is 51.1. The van der Waals surface area contributed by atoms with Gasteiger partial charge in [-0.15, -0.1) is 0 Å². The maximum atomic E-state index is 12.2. The van der Waals surface area contributed by atoms with E-state index in [1.165, 1.54) is 10.9 Å². The van der Waals surface area contributed by atoms with Gasteiger partial charge in [-0.2, -0.15) is 4.31 Å². The normalized spacial score (nSPS) is 44.6. The molecule has 0 radical (unpaired) electrons. The number of phosphoric ester groups is 2. The second-order valence-electron chi connectivity index (χ2n) is 8.03. The van der Waals surface area contributed by atoms with Gasteiger partial charge in [-0.25, -0.2) is 19.1 Å². The van der Waals surface area contributed by atoms with Crippen molar-refractivity contribution in [2.45, 2.75) is 49.1 Å². The summed E-state index contributed by atoms with van der Waals surface area (Å²) in [6.07, 6.45) is -9.71. The van der Waals surface area contributed by atoms with Crippen LogP contribution < -0.4 is 5.49 Å². The van der Waals surface area contributed by atoms with Gasteiger partial charge in [-0.05, 0) is 0 Å². The van der Waals surface area contributed by atoms with Crippen molar-refractivity contribution in [3.63, 3.8) is 0 Å². The lowest BCUT2D eigenvalue weighted by molar-refractivity contribution is -0.0565. The first-order valence-electron chi connectivity index (χ1n) is 10.1. The zero-order valence-corrected chi connectivity index (χ0v) is 19.2. The SMILES string of the molecule is N=c1c2ncn3c2ncn1[C@@H]1O[C@H](COP(=O)(O)OP(=O)(O)OC[C@H]2OC3[C@H](O)[C@@H]2O)[C@@H](O)[C@H]1O. The Morgan fingerprint density at radius 2 is 1.31 bits per heavy atom. The van der Waals surface area contributed by atoms with Gasteiger partial charge in [-0.1, -0.05) is 0 Å². The van der Waals surface area contributed by atoms with E-state index in [1.54, 1.807) is 0 Å². The average molecular weight is 541 g/mol. The van der Waals surface area contributed by atoms with E-state index in [0.29, 0.717) is 0 Å². The lowest BCUT2D eigenvalue weighted by Gasteiger charge is -2.21. The molecule has 2 aromatic rings. The fourth-order valence-corrected chi connectivity index (χ4v) is 6.12. The van der Waals surface area contributed by atoms with Crippen LogP contribution >= 0.6 is 15.6 Å². The van der Waals surface area contributed by atoms with Crippen LogP contribution in [-0.2, 0) is 32.0 Å². The maximum Gasteiger partial charge on any atom is 0.481 e. The third-order valence-corrected chi connectivity index (χ3v) is 8.39. The molecule has 35 heavy (non-hydrogen) atoms. The standard InChI is InChI=1S/C15H21N5O13P2/c16-12-7-13-18-4-19(12)14-10(23)8(21)5(31-14)1-29-34(25,26)33-35(27,28)30-2-6-9(22)11(24)15(32-6)20(13)3-17-7/h3-6,8-11,14-16,21-24H,1-2H2,(H,25,26)(H,27,28)/t5-,6-,8-,9-,10-,11-,14-,15?/m1/s1. The predicted octanol–water partition coefficient (Wildman–Crippen LogP) is -2.79. The number of aliphatic hydroxyl groups excluding tert-OH is 4. The first kappa shape index (κ1) is 25.0. The smallest absolute Gasteiger partial charge is 0.387 e. The van der Waals surface area contributed by atoms with E-state index in [0.717, 1.165) is 10.9 Å². The average Bonchev–Trinajstić information content (AvgIpc) is 3.41. The molecular formula is C15H21N5O13P2. The third-order valence-electron chi connectivity index (χ3n) is 5.79. The number of nitrogens with zero attached hydrogens (tertiary/aromatic N) is 4. The Labute approximate surface area is 194 Å².